The molecule has 0 aliphatic carbocycles. The summed E-state index contributed by atoms with van der Waals surface area (Å²) < 4.78 is 11.4. The first kappa shape index (κ1) is 11.3. The van der Waals surface area contributed by atoms with Gasteiger partial charge in [-0.2, -0.15) is 0 Å². The maximum atomic E-state index is 6.16. The summed E-state index contributed by atoms with van der Waals surface area (Å²) in [7, 11) is 4.47. The van der Waals surface area contributed by atoms with E-state index in [1.165, 1.54) is 6.54 Å². The van der Waals surface area contributed by atoms with Gasteiger partial charge in [-0.15, -0.1) is 0 Å². The fraction of sp³-hybridized carbons (Fsp3) is 1.00. The molecule has 0 aromatic carbocycles. The second-order valence-electron chi connectivity index (χ2n) is 5.51. The number of likely N-dealkylation sites (N-methyl/N-ethyl adjacent to an activating group) is 1. The number of rotatable bonds is 2. The van der Waals surface area contributed by atoms with Crippen LogP contribution >= 0.6 is 0 Å². The van der Waals surface area contributed by atoms with Crippen LogP contribution in [0, 0.1) is 0 Å². The molecule has 2 aliphatic heterocycles. The Morgan fingerprint density at radius 1 is 1.33 bits per heavy atom. The molecule has 2 aliphatic rings. The van der Waals surface area contributed by atoms with Gasteiger partial charge in [-0.1, -0.05) is 0 Å². The average Bonchev–Trinajstić information content (AvgIpc) is 2.61. The number of hydrogen-bond acceptors (Lipinski definition) is 2. The highest BCUT2D eigenvalue weighted by Crippen LogP contribution is 2.20. The van der Waals surface area contributed by atoms with Gasteiger partial charge in [-0.25, -0.2) is 0 Å². The van der Waals surface area contributed by atoms with Gasteiger partial charge in [0.25, 0.3) is 0 Å². The van der Waals surface area contributed by atoms with E-state index in [9.17, 15) is 0 Å². The quantitative estimate of drug-likeness (QED) is 0.499. The van der Waals surface area contributed by atoms with E-state index in [1.54, 1.807) is 0 Å². The second-order valence-corrected chi connectivity index (χ2v) is 5.51. The maximum Gasteiger partial charge on any atom is 0.171 e. The van der Waals surface area contributed by atoms with Gasteiger partial charge >= 0.3 is 0 Å². The first-order valence-electron chi connectivity index (χ1n) is 5.93. The molecule has 88 valence electrons. The Hall–Kier alpha value is -0.160. The zero-order valence-electron chi connectivity index (χ0n) is 9.85. The molecule has 4 heteroatoms. The molecule has 3 N–H and O–H groups in total. The van der Waals surface area contributed by atoms with Gasteiger partial charge in [0.05, 0.1) is 39.3 Å². The van der Waals surface area contributed by atoms with E-state index in [0.29, 0.717) is 6.10 Å². The van der Waals surface area contributed by atoms with Crippen molar-refractivity contribution in [3.63, 3.8) is 0 Å². The van der Waals surface area contributed by atoms with Gasteiger partial charge in [0.2, 0.25) is 0 Å². The number of ether oxygens (including phenoxy) is 2. The van der Waals surface area contributed by atoms with E-state index < -0.39 is 0 Å². The first-order chi connectivity index (χ1) is 7.07. The van der Waals surface area contributed by atoms with Crippen LogP contribution in [0.1, 0.15) is 12.8 Å². The monoisotopic (exact) mass is 216 g/mol. The van der Waals surface area contributed by atoms with Gasteiger partial charge in [0.1, 0.15) is 12.7 Å². The Labute approximate surface area is 91.9 Å². The molecule has 2 rings (SSSR count). The summed E-state index contributed by atoms with van der Waals surface area (Å²) in [6.45, 7) is 4.03. The van der Waals surface area contributed by atoms with E-state index in [2.05, 4.69) is 18.8 Å². The lowest BCUT2D eigenvalue weighted by Crippen LogP contribution is -2.59. The molecule has 3 atom stereocenters. The molecule has 0 saturated carbocycles. The van der Waals surface area contributed by atoms with E-state index in [1.807, 2.05) is 0 Å². The van der Waals surface area contributed by atoms with Crippen LogP contribution in [0.2, 0.25) is 0 Å². The smallest absolute Gasteiger partial charge is 0.171 e. The second kappa shape index (κ2) is 4.37. The van der Waals surface area contributed by atoms with Crippen molar-refractivity contribution in [2.45, 2.75) is 31.1 Å². The average molecular weight is 216 g/mol. The third kappa shape index (κ3) is 2.91. The predicted octanol–water partition coefficient (Wildman–Crippen LogP) is -0.521. The zero-order chi connectivity index (χ0) is 10.9. The minimum absolute atomic E-state index is 0.189. The van der Waals surface area contributed by atoms with Crippen molar-refractivity contribution >= 4 is 0 Å². The topological polar surface area (TPSA) is 48.0 Å². The molecule has 0 radical (unpaired) electrons. The molecular formula is C11H24N2O2+2. The predicted molar refractivity (Wildman–Crippen MR) is 59.7 cm³/mol. The van der Waals surface area contributed by atoms with Crippen molar-refractivity contribution in [2.75, 3.05) is 40.4 Å². The third-order valence-corrected chi connectivity index (χ3v) is 3.51. The van der Waals surface area contributed by atoms with E-state index in [4.69, 9.17) is 10.5 Å². The van der Waals surface area contributed by atoms with Gasteiger partial charge in [-0.05, 0) is 0 Å². The molecule has 0 spiro atoms. The zero-order valence-corrected chi connectivity index (χ0v) is 9.85. The van der Waals surface area contributed by atoms with E-state index in [-0.39, 0.29) is 12.1 Å². The van der Waals surface area contributed by atoms with Crippen LogP contribution in [0.3, 0.4) is 0 Å². The van der Waals surface area contributed by atoms with Crippen molar-refractivity contribution < 1.29 is 14.0 Å². The van der Waals surface area contributed by atoms with Crippen LogP contribution in [-0.2, 0) is 4.74 Å². The lowest BCUT2D eigenvalue weighted by Gasteiger charge is -2.41. The largest absolute Gasteiger partial charge is 0.432 e. The molecule has 2 unspecified atom stereocenters. The molecule has 0 amide bonds. The highest BCUT2D eigenvalue weighted by molar-refractivity contribution is 4.79. The number of quaternary nitrogens is 1. The lowest BCUT2D eigenvalue weighted by molar-refractivity contribution is -0.897. The maximum absolute atomic E-state index is 6.16. The molecule has 2 heterocycles. The fourth-order valence-electron chi connectivity index (χ4n) is 2.56. The highest BCUT2D eigenvalue weighted by Gasteiger charge is 2.36. The summed E-state index contributed by atoms with van der Waals surface area (Å²) in [5, 5.41) is 0. The Bertz CT molecular complexity index is 215. The molecule has 0 aromatic heterocycles. The molecule has 2 saturated heterocycles. The number of likely N-dealkylation sites (tertiary alicyclic amines) is 1. The van der Waals surface area contributed by atoms with Crippen molar-refractivity contribution in [1.82, 2.24) is 0 Å². The normalized spacial score (nSPS) is 40.6. The van der Waals surface area contributed by atoms with Gasteiger partial charge in [0.15, 0.2) is 6.61 Å². The van der Waals surface area contributed by atoms with Crippen LogP contribution in [0.4, 0.5) is 0 Å². The van der Waals surface area contributed by atoms with Crippen LogP contribution in [0.15, 0.2) is 0 Å². The highest BCUT2D eigenvalue weighted by atomic mass is 16.6. The Morgan fingerprint density at radius 3 is 2.73 bits per heavy atom. The minimum atomic E-state index is 0.189. The number of aliphatic hydroxyl groups is 2. The molecule has 15 heavy (non-hydrogen) atoms. The molecule has 2 fully saturated rings. The lowest BCUT2D eigenvalue weighted by atomic mass is 10.0. The van der Waals surface area contributed by atoms with Crippen molar-refractivity contribution in [3.05, 3.63) is 0 Å². The molecule has 0 bridgehead atoms. The van der Waals surface area contributed by atoms with E-state index >= 15 is 0 Å². The number of hydrogen-bond donors (Lipinski definition) is 1. The summed E-state index contributed by atoms with van der Waals surface area (Å²) in [6.07, 6.45) is 2.77. The van der Waals surface area contributed by atoms with Crippen LogP contribution < -0.4 is 5.73 Å². The Balaban J connectivity index is 1.83. The Morgan fingerprint density at radius 2 is 2.13 bits per heavy atom. The number of nitrogens with two attached hydrogens (primary N) is 1. The molecule has 4 nitrogen and oxygen atoms in total. The summed E-state index contributed by atoms with van der Waals surface area (Å²) in [4.78, 5) is 0. The fourth-order valence-corrected chi connectivity index (χ4v) is 2.56. The van der Waals surface area contributed by atoms with Gasteiger partial charge in [0, 0.05) is 12.8 Å². The Kier molecular flexibility index (Phi) is 3.30. The summed E-state index contributed by atoms with van der Waals surface area (Å²) in [6, 6.07) is 0.189. The number of piperidine rings is 1. The third-order valence-electron chi connectivity index (χ3n) is 3.51. The van der Waals surface area contributed by atoms with Crippen molar-refractivity contribution in [3.8, 4) is 0 Å². The summed E-state index contributed by atoms with van der Waals surface area (Å²) in [5.41, 5.74) is 6.16. The number of nitrogens with zero attached hydrogens (tertiary/aromatic N) is 1. The summed E-state index contributed by atoms with van der Waals surface area (Å²) >= 11 is 0. The van der Waals surface area contributed by atoms with Crippen molar-refractivity contribution in [1.29, 1.82) is 0 Å². The molecular weight excluding hydrogens is 192 g/mol. The van der Waals surface area contributed by atoms with Crippen LogP contribution in [-0.4, -0.2) is 67.9 Å². The van der Waals surface area contributed by atoms with Crippen molar-refractivity contribution in [2.24, 2.45) is 5.73 Å². The van der Waals surface area contributed by atoms with Gasteiger partial charge in [-0.3, -0.25) is 0 Å². The minimum Gasteiger partial charge on any atom is -0.432 e. The van der Waals surface area contributed by atoms with Crippen LogP contribution in [0.25, 0.3) is 0 Å². The standard InChI is InChI=1S/C11H23N2O2/c1-13(2)5-3-11(10(12)7-13)15-9-4-6-14-8-9/h9-11H,3-8,12H2,1-2H3/q+1/p+1/t9-,10?,11?/m0/s1. The van der Waals surface area contributed by atoms with E-state index in [0.717, 1.165) is 37.1 Å². The summed E-state index contributed by atoms with van der Waals surface area (Å²) in [5.74, 6) is 0. The molecule has 0 aromatic rings. The SMILES string of the molecule is C[N+]1(C)CCC(O[C@H]2CC[OH+]C2)C(N)C1. The van der Waals surface area contributed by atoms with Crippen LogP contribution in [0.5, 0.6) is 0 Å². The van der Waals surface area contributed by atoms with Gasteiger partial charge < -0.3 is 19.7 Å². The first-order valence-corrected chi connectivity index (χ1v) is 5.93.